The molecule has 25 heavy (non-hydrogen) atoms. The third-order valence-electron chi connectivity index (χ3n) is 5.54. The van der Waals surface area contributed by atoms with Crippen molar-refractivity contribution in [2.75, 3.05) is 19.0 Å². The molecule has 0 radical (unpaired) electrons. The molecule has 1 atom stereocenters. The fraction of sp³-hybridized carbons (Fsp3) is 0.429. The zero-order valence-corrected chi connectivity index (χ0v) is 16.1. The first-order valence-electron chi connectivity index (χ1n) is 8.82. The van der Waals surface area contributed by atoms with Gasteiger partial charge >= 0.3 is 0 Å². The Morgan fingerprint density at radius 3 is 2.60 bits per heavy atom. The molecule has 1 aliphatic carbocycles. The molecule has 1 unspecified atom stereocenters. The highest BCUT2D eigenvalue weighted by molar-refractivity contribution is 9.09. The number of methoxy groups -OCH3 is 1. The summed E-state index contributed by atoms with van der Waals surface area (Å²) in [4.78, 5) is 2.52. The molecule has 4 rings (SSSR count). The lowest BCUT2D eigenvalue weighted by atomic mass is 9.85. The Morgan fingerprint density at radius 1 is 1.20 bits per heavy atom. The van der Waals surface area contributed by atoms with Crippen molar-refractivity contribution in [2.24, 2.45) is 0 Å². The van der Waals surface area contributed by atoms with Gasteiger partial charge in [0.25, 0.3) is 0 Å². The Bertz CT molecular complexity index is 757. The SMILES string of the molecule is COc1ccc(CN2Cc3ccc(C(F)CBr)cc3C3(CC3)C2)cc1. The van der Waals surface area contributed by atoms with Crippen LogP contribution in [0.5, 0.6) is 5.75 Å². The van der Waals surface area contributed by atoms with Crippen LogP contribution in [0, 0.1) is 0 Å². The van der Waals surface area contributed by atoms with E-state index in [4.69, 9.17) is 4.74 Å². The van der Waals surface area contributed by atoms with E-state index in [0.717, 1.165) is 30.9 Å². The number of halogens is 2. The van der Waals surface area contributed by atoms with Crippen molar-refractivity contribution in [1.29, 1.82) is 0 Å². The van der Waals surface area contributed by atoms with E-state index in [2.05, 4.69) is 45.1 Å². The van der Waals surface area contributed by atoms with Crippen molar-refractivity contribution < 1.29 is 9.13 Å². The van der Waals surface area contributed by atoms with Crippen molar-refractivity contribution in [3.8, 4) is 5.75 Å². The molecule has 1 fully saturated rings. The number of ether oxygens (including phenoxy) is 1. The monoisotopic (exact) mass is 403 g/mol. The standard InChI is InChI=1S/C21H23BrFNO/c1-25-18-6-2-15(3-7-18)12-24-13-17-5-4-16(20(23)11-22)10-19(17)21(14-24)8-9-21/h2-7,10,20H,8-9,11-14H2,1H3. The molecular weight excluding hydrogens is 381 g/mol. The normalized spacial score (nSPS) is 19.5. The Kier molecular flexibility index (Phi) is 4.59. The van der Waals surface area contributed by atoms with Crippen LogP contribution in [0.3, 0.4) is 0 Å². The van der Waals surface area contributed by atoms with Crippen molar-refractivity contribution in [3.63, 3.8) is 0 Å². The van der Waals surface area contributed by atoms with Crippen LogP contribution in [0.15, 0.2) is 42.5 Å². The summed E-state index contributed by atoms with van der Waals surface area (Å²) in [6, 6.07) is 14.5. The lowest BCUT2D eigenvalue weighted by molar-refractivity contribution is 0.213. The van der Waals surface area contributed by atoms with Gasteiger partial charge in [-0.3, -0.25) is 4.90 Å². The summed E-state index contributed by atoms with van der Waals surface area (Å²) < 4.78 is 19.3. The van der Waals surface area contributed by atoms with Gasteiger partial charge in [-0.05, 0) is 47.2 Å². The van der Waals surface area contributed by atoms with Gasteiger partial charge in [0.1, 0.15) is 11.9 Å². The van der Waals surface area contributed by atoms with Crippen LogP contribution in [0.4, 0.5) is 4.39 Å². The number of benzene rings is 2. The van der Waals surface area contributed by atoms with Gasteiger partial charge in [-0.15, -0.1) is 0 Å². The summed E-state index contributed by atoms with van der Waals surface area (Å²) in [5.74, 6) is 0.895. The van der Waals surface area contributed by atoms with Crippen molar-refractivity contribution in [3.05, 3.63) is 64.7 Å². The molecule has 0 N–H and O–H groups in total. The molecule has 4 heteroatoms. The molecule has 132 valence electrons. The van der Waals surface area contributed by atoms with Crippen LogP contribution in [0.1, 0.15) is 41.3 Å². The van der Waals surface area contributed by atoms with E-state index in [9.17, 15) is 4.39 Å². The van der Waals surface area contributed by atoms with Crippen molar-refractivity contribution in [1.82, 2.24) is 4.90 Å². The summed E-state index contributed by atoms with van der Waals surface area (Å²) in [5, 5.41) is 0.363. The summed E-state index contributed by atoms with van der Waals surface area (Å²) in [5.41, 5.74) is 5.12. The van der Waals surface area contributed by atoms with Gasteiger partial charge in [0.2, 0.25) is 0 Å². The molecule has 2 aliphatic rings. The molecule has 0 bridgehead atoms. The maximum absolute atomic E-state index is 14.1. The van der Waals surface area contributed by atoms with Crippen LogP contribution < -0.4 is 4.74 Å². The predicted molar refractivity (Wildman–Crippen MR) is 102 cm³/mol. The smallest absolute Gasteiger partial charge is 0.135 e. The third kappa shape index (κ3) is 3.34. The molecule has 1 spiro atoms. The second-order valence-electron chi connectivity index (χ2n) is 7.31. The molecule has 2 aromatic carbocycles. The minimum Gasteiger partial charge on any atom is -0.497 e. The van der Waals surface area contributed by atoms with E-state index < -0.39 is 6.17 Å². The molecule has 2 nitrogen and oxygen atoms in total. The van der Waals surface area contributed by atoms with Gasteiger partial charge in [-0.2, -0.15) is 0 Å². The van der Waals surface area contributed by atoms with Crippen LogP contribution in [0.2, 0.25) is 0 Å². The Hall–Kier alpha value is -1.39. The van der Waals surface area contributed by atoms with Gasteiger partial charge < -0.3 is 4.74 Å². The van der Waals surface area contributed by atoms with Gasteiger partial charge in [0, 0.05) is 30.4 Å². The van der Waals surface area contributed by atoms with Crippen molar-refractivity contribution >= 4 is 15.9 Å². The number of rotatable bonds is 5. The minimum atomic E-state index is -0.918. The second kappa shape index (κ2) is 6.73. The molecular formula is C21H23BrFNO. The number of alkyl halides is 2. The van der Waals surface area contributed by atoms with E-state index in [1.165, 1.54) is 29.5 Å². The number of hydrogen-bond donors (Lipinski definition) is 0. The third-order valence-corrected chi connectivity index (χ3v) is 6.11. The maximum Gasteiger partial charge on any atom is 0.135 e. The van der Waals surface area contributed by atoms with Crippen LogP contribution in [0.25, 0.3) is 0 Å². The Balaban J connectivity index is 1.55. The Labute approximate surface area is 157 Å². The summed E-state index contributed by atoms with van der Waals surface area (Å²) in [6.07, 6.45) is 1.51. The first-order valence-corrected chi connectivity index (χ1v) is 9.94. The highest BCUT2D eigenvalue weighted by atomic mass is 79.9. The number of nitrogens with zero attached hydrogens (tertiary/aromatic N) is 1. The van der Waals surface area contributed by atoms with Crippen molar-refractivity contribution in [2.45, 2.75) is 37.5 Å². The first kappa shape index (κ1) is 17.0. The van der Waals surface area contributed by atoms with E-state index in [-0.39, 0.29) is 5.41 Å². The molecule has 0 amide bonds. The second-order valence-corrected chi connectivity index (χ2v) is 7.96. The van der Waals surface area contributed by atoms with Crippen LogP contribution >= 0.6 is 15.9 Å². The van der Waals surface area contributed by atoms with E-state index >= 15 is 0 Å². The van der Waals surface area contributed by atoms with Gasteiger partial charge in [-0.1, -0.05) is 46.3 Å². The minimum absolute atomic E-state index is 0.252. The largest absolute Gasteiger partial charge is 0.497 e. The van der Waals surface area contributed by atoms with E-state index in [0.29, 0.717) is 5.33 Å². The molecule has 1 heterocycles. The van der Waals surface area contributed by atoms with E-state index in [1.807, 2.05) is 18.2 Å². The maximum atomic E-state index is 14.1. The quantitative estimate of drug-likeness (QED) is 0.640. The Morgan fingerprint density at radius 2 is 1.96 bits per heavy atom. The van der Waals surface area contributed by atoms with Gasteiger partial charge in [-0.25, -0.2) is 4.39 Å². The number of fused-ring (bicyclic) bond motifs is 2. The lowest BCUT2D eigenvalue weighted by Crippen LogP contribution is -2.37. The molecule has 1 saturated carbocycles. The average molecular weight is 404 g/mol. The fourth-order valence-corrected chi connectivity index (χ4v) is 4.37. The molecule has 0 saturated heterocycles. The summed E-state index contributed by atoms with van der Waals surface area (Å²) in [7, 11) is 1.69. The predicted octanol–water partition coefficient (Wildman–Crippen LogP) is 5.15. The zero-order valence-electron chi connectivity index (χ0n) is 14.5. The average Bonchev–Trinajstić information content (AvgIpc) is 3.41. The number of hydrogen-bond acceptors (Lipinski definition) is 2. The lowest BCUT2D eigenvalue weighted by Gasteiger charge is -2.35. The topological polar surface area (TPSA) is 12.5 Å². The highest BCUT2D eigenvalue weighted by Gasteiger charge is 2.49. The first-order chi connectivity index (χ1) is 12.1. The van der Waals surface area contributed by atoms with E-state index in [1.54, 1.807) is 7.11 Å². The van der Waals surface area contributed by atoms with Gasteiger partial charge in [0.05, 0.1) is 7.11 Å². The summed E-state index contributed by atoms with van der Waals surface area (Å²) in [6.45, 7) is 2.95. The fourth-order valence-electron chi connectivity index (χ4n) is 4.00. The molecule has 2 aromatic rings. The molecule has 1 aliphatic heterocycles. The molecule has 0 aromatic heterocycles. The zero-order chi connectivity index (χ0) is 17.4. The van der Waals surface area contributed by atoms with Gasteiger partial charge in [0.15, 0.2) is 0 Å². The van der Waals surface area contributed by atoms with Crippen LogP contribution in [-0.2, 0) is 18.5 Å². The highest BCUT2D eigenvalue weighted by Crippen LogP contribution is 2.53. The van der Waals surface area contributed by atoms with Crippen LogP contribution in [-0.4, -0.2) is 23.9 Å². The summed E-state index contributed by atoms with van der Waals surface area (Å²) >= 11 is 3.26.